The summed E-state index contributed by atoms with van der Waals surface area (Å²) in [5, 5.41) is 2.16. The van der Waals surface area contributed by atoms with Crippen LogP contribution in [0.4, 0.5) is 0 Å². The van der Waals surface area contributed by atoms with Crippen LogP contribution < -0.4 is 9.30 Å². The standard InChI is InChI=1S/C75H55N5O/c1-75(2,3)61-37-39-77-73(47-61)80-68-32-17-16-29-66(68)67-36-35-62(48-71(67)80)81-63-38-40-76-72(49-63)78-50-79(70-34-19-18-33-69(70)78)74-64(59-43-55(51-21-8-4-9-22-51)41-56(44-59)52-23-10-5-11-24-52)30-20-31-65(74)60-45-57(53-25-12-6-13-26-53)42-58(46-60)54-27-14-7-15-28-54/h4-49H,1-3H3/i41D,42D,43D,44D,45D,46D. The van der Waals surface area contributed by atoms with Crippen LogP contribution in [0.25, 0.3) is 117 Å². The molecule has 0 spiro atoms. The SMILES string of the molecule is [2H]c1c(-c2ccccc2)c([2H])c(-c2cccc(-c3c([2H])c(-c4ccccc4)c([2H])c(-c4ccccc4)c3[2H])c2-[n+]2[c-]n(-c3cc(Oc4ccc5c6ccccc6n(-c6cc(C(C)(C)C)ccn6)c5c4)ccn3)c3ccccc32)c([2H])c1-c1ccccc1. The van der Waals surface area contributed by atoms with Gasteiger partial charge in [0.25, 0.3) is 6.33 Å². The average Bonchev–Trinajstić information content (AvgIpc) is 2.36. The first-order valence-electron chi connectivity index (χ1n) is 30.1. The van der Waals surface area contributed by atoms with Gasteiger partial charge in [0.15, 0.2) is 5.82 Å². The normalized spacial score (nSPS) is 12.7. The van der Waals surface area contributed by atoms with E-state index in [9.17, 15) is 8.22 Å². The predicted molar refractivity (Wildman–Crippen MR) is 331 cm³/mol. The maximum Gasteiger partial charge on any atom is 0.271 e. The van der Waals surface area contributed by atoms with Gasteiger partial charge in [-0.3, -0.25) is 18.7 Å². The van der Waals surface area contributed by atoms with Crippen molar-refractivity contribution in [2.45, 2.75) is 26.2 Å². The van der Waals surface area contributed by atoms with Gasteiger partial charge >= 0.3 is 0 Å². The highest BCUT2D eigenvalue weighted by Gasteiger charge is 2.23. The highest BCUT2D eigenvalue weighted by Crippen LogP contribution is 2.42. The number of imidazole rings is 1. The van der Waals surface area contributed by atoms with Crippen LogP contribution in [-0.4, -0.2) is 19.1 Å². The van der Waals surface area contributed by atoms with Crippen molar-refractivity contribution in [2.75, 3.05) is 0 Å². The summed E-state index contributed by atoms with van der Waals surface area (Å²) in [4.78, 5) is 9.84. The Labute approximate surface area is 480 Å². The Morgan fingerprint density at radius 3 is 1.44 bits per heavy atom. The number of nitrogens with zero attached hydrogens (tertiary/aromatic N) is 5. The van der Waals surface area contributed by atoms with Crippen LogP contribution in [0.15, 0.2) is 279 Å². The lowest BCUT2D eigenvalue weighted by Gasteiger charge is -2.20. The van der Waals surface area contributed by atoms with Crippen molar-refractivity contribution >= 4 is 32.8 Å². The largest absolute Gasteiger partial charge is 0.458 e. The minimum atomic E-state index is -0.0901. The average molecular weight is 1050 g/mol. The van der Waals surface area contributed by atoms with Crippen molar-refractivity contribution in [1.29, 1.82) is 0 Å². The highest BCUT2D eigenvalue weighted by atomic mass is 16.5. The third-order valence-electron chi connectivity index (χ3n) is 14.8. The van der Waals surface area contributed by atoms with Crippen LogP contribution in [0, 0.1) is 6.33 Å². The Morgan fingerprint density at radius 1 is 0.407 bits per heavy atom. The first-order chi connectivity index (χ1) is 42.3. The first-order valence-corrected chi connectivity index (χ1v) is 27.1. The lowest BCUT2D eigenvalue weighted by atomic mass is 9.88. The van der Waals surface area contributed by atoms with Crippen LogP contribution in [0.5, 0.6) is 11.5 Å². The molecule has 0 amide bonds. The molecule has 0 bridgehead atoms. The van der Waals surface area contributed by atoms with Crippen LogP contribution >= 0.6 is 0 Å². The van der Waals surface area contributed by atoms with Gasteiger partial charge in [-0.2, -0.15) is 0 Å². The monoisotopic (exact) mass is 1050 g/mol. The molecule has 81 heavy (non-hydrogen) atoms. The third kappa shape index (κ3) is 9.32. The summed E-state index contributed by atoms with van der Waals surface area (Å²) in [6, 6.07) is 73.4. The molecule has 0 aliphatic carbocycles. The fourth-order valence-electron chi connectivity index (χ4n) is 10.8. The lowest BCUT2D eigenvalue weighted by molar-refractivity contribution is -0.571. The smallest absolute Gasteiger partial charge is 0.271 e. The van der Waals surface area contributed by atoms with Crippen LogP contribution in [-0.2, 0) is 5.41 Å². The second-order valence-electron chi connectivity index (χ2n) is 21.1. The van der Waals surface area contributed by atoms with Gasteiger partial charge in [0.2, 0.25) is 0 Å². The highest BCUT2D eigenvalue weighted by molar-refractivity contribution is 6.09. The summed E-state index contributed by atoms with van der Waals surface area (Å²) in [5.41, 5.74) is 10.1. The second-order valence-corrected chi connectivity index (χ2v) is 21.1. The molecule has 4 aromatic heterocycles. The number of aromatic nitrogens is 5. The van der Waals surface area contributed by atoms with Crippen molar-refractivity contribution in [1.82, 2.24) is 19.1 Å². The van der Waals surface area contributed by atoms with Gasteiger partial charge in [-0.15, -0.1) is 0 Å². The predicted octanol–water partition coefficient (Wildman–Crippen LogP) is 18.7. The summed E-state index contributed by atoms with van der Waals surface area (Å²) in [6.07, 6.45) is 7.26. The second kappa shape index (κ2) is 20.4. The van der Waals surface area contributed by atoms with E-state index in [0.717, 1.165) is 27.6 Å². The van der Waals surface area contributed by atoms with E-state index in [1.54, 1.807) is 6.20 Å². The van der Waals surface area contributed by atoms with Gasteiger partial charge in [-0.1, -0.05) is 203 Å². The molecule has 6 nitrogen and oxygen atoms in total. The van der Waals surface area contributed by atoms with E-state index >= 15 is 0 Å². The molecule has 0 saturated carbocycles. The van der Waals surface area contributed by atoms with Gasteiger partial charge in [-0.25, -0.2) is 4.98 Å². The summed E-state index contributed by atoms with van der Waals surface area (Å²) in [5.74, 6) is 2.40. The zero-order chi connectivity index (χ0) is 59.7. The lowest BCUT2D eigenvalue weighted by Crippen LogP contribution is -2.31. The van der Waals surface area contributed by atoms with Gasteiger partial charge in [0, 0.05) is 35.3 Å². The van der Waals surface area contributed by atoms with E-state index in [-0.39, 0.29) is 52.8 Å². The quantitative estimate of drug-likeness (QED) is 0.0958. The summed E-state index contributed by atoms with van der Waals surface area (Å²) >= 11 is 0. The van der Waals surface area contributed by atoms with Gasteiger partial charge in [0.1, 0.15) is 17.3 Å². The molecule has 0 saturated heterocycles. The molecule has 14 aromatic rings. The Morgan fingerprint density at radius 2 is 0.877 bits per heavy atom. The summed E-state index contributed by atoms with van der Waals surface area (Å²) < 4.78 is 73.5. The fraction of sp³-hybridized carbons (Fsp3) is 0.0533. The topological polar surface area (TPSA) is 48.8 Å². The molecule has 4 heterocycles. The van der Waals surface area contributed by atoms with E-state index in [2.05, 4.69) is 68.1 Å². The Bertz CT molecular complexity index is 4710. The molecule has 0 aliphatic heterocycles. The maximum atomic E-state index is 10.3. The van der Waals surface area contributed by atoms with Crippen molar-refractivity contribution in [3.8, 4) is 95.6 Å². The molecule has 0 unspecified atom stereocenters. The van der Waals surface area contributed by atoms with E-state index < -0.39 is 0 Å². The molecule has 6 heteroatoms. The number of para-hydroxylation sites is 4. The molecule has 14 rings (SSSR count). The number of ether oxygens (including phenoxy) is 1. The molecule has 386 valence electrons. The van der Waals surface area contributed by atoms with Crippen LogP contribution in [0.2, 0.25) is 0 Å². The van der Waals surface area contributed by atoms with Crippen LogP contribution in [0.1, 0.15) is 34.6 Å². The summed E-state index contributed by atoms with van der Waals surface area (Å²) in [6.45, 7) is 6.60. The number of pyridine rings is 2. The molecular weight excluding hydrogens is 987 g/mol. The molecule has 10 aromatic carbocycles. The first kappa shape index (κ1) is 42.6. The summed E-state index contributed by atoms with van der Waals surface area (Å²) in [7, 11) is 0. The number of rotatable bonds is 11. The molecule has 0 fully saturated rings. The molecular formula is C75H55N5O. The van der Waals surface area contributed by atoms with Gasteiger partial charge < -0.3 is 4.74 Å². The van der Waals surface area contributed by atoms with E-state index in [1.165, 1.54) is 5.56 Å². The number of hydrogen-bond donors (Lipinski definition) is 0. The molecule has 0 radical (unpaired) electrons. The minimum Gasteiger partial charge on any atom is -0.458 e. The van der Waals surface area contributed by atoms with Gasteiger partial charge in [-0.05, 0) is 150 Å². The molecule has 0 atom stereocenters. The number of fused-ring (bicyclic) bond motifs is 4. The fourth-order valence-corrected chi connectivity index (χ4v) is 10.8. The Kier molecular flexibility index (Phi) is 10.7. The van der Waals surface area contributed by atoms with E-state index in [1.807, 2.05) is 209 Å². The maximum absolute atomic E-state index is 10.3. The molecule has 0 aliphatic rings. The van der Waals surface area contributed by atoms with E-state index in [0.29, 0.717) is 89.7 Å². The van der Waals surface area contributed by atoms with Crippen LogP contribution in [0.3, 0.4) is 0 Å². The molecule has 0 N–H and O–H groups in total. The van der Waals surface area contributed by atoms with Crippen molar-refractivity contribution in [3.05, 3.63) is 291 Å². The Hall–Kier alpha value is -10.4. The van der Waals surface area contributed by atoms with Gasteiger partial charge in [0.05, 0.1) is 36.0 Å². The van der Waals surface area contributed by atoms with Crippen molar-refractivity contribution in [2.24, 2.45) is 0 Å². The Balaban J connectivity index is 1.01. The zero-order valence-electron chi connectivity index (χ0n) is 50.7. The van der Waals surface area contributed by atoms with Crippen molar-refractivity contribution < 1.29 is 17.5 Å². The third-order valence-corrected chi connectivity index (χ3v) is 14.8. The number of hydrogen-bond acceptors (Lipinski definition) is 3. The zero-order valence-corrected chi connectivity index (χ0v) is 44.7. The van der Waals surface area contributed by atoms with Crippen molar-refractivity contribution in [3.63, 3.8) is 0 Å². The minimum absolute atomic E-state index is 0.0352. The van der Waals surface area contributed by atoms with E-state index in [4.69, 9.17) is 14.7 Å². The number of benzene rings is 10.